The largest absolute Gasteiger partial charge is 0.480 e. The van der Waals surface area contributed by atoms with E-state index >= 15 is 0 Å². The van der Waals surface area contributed by atoms with Gasteiger partial charge in [-0.2, -0.15) is 0 Å². The number of hydrogen-bond acceptors (Lipinski definition) is 4. The highest BCUT2D eigenvalue weighted by atomic mass is 16.7. The van der Waals surface area contributed by atoms with Crippen molar-refractivity contribution in [2.24, 2.45) is 0 Å². The number of hydrogen-bond donors (Lipinski definition) is 2. The second kappa shape index (κ2) is 4.95. The maximum absolute atomic E-state index is 11.8. The Labute approximate surface area is 104 Å². The van der Waals surface area contributed by atoms with Crippen molar-refractivity contribution in [2.75, 3.05) is 6.79 Å². The molecule has 1 aromatic rings. The molecule has 1 heterocycles. The van der Waals surface area contributed by atoms with Gasteiger partial charge in [0.1, 0.15) is 6.04 Å². The standard InChI is InChI=1S/C12H13NO5/c1-2-8(12(15)16)13-11(14)7-3-4-9-10(5-7)18-6-17-9/h3-5,8H,2,6H2,1H3,(H,13,14)(H,15,16). The van der Waals surface area contributed by atoms with Gasteiger partial charge in [0, 0.05) is 5.56 Å². The van der Waals surface area contributed by atoms with Gasteiger partial charge in [-0.15, -0.1) is 0 Å². The minimum Gasteiger partial charge on any atom is -0.480 e. The Balaban J connectivity index is 2.12. The van der Waals surface area contributed by atoms with Crippen molar-refractivity contribution in [1.82, 2.24) is 5.32 Å². The number of carboxylic acids is 1. The molecule has 0 bridgehead atoms. The van der Waals surface area contributed by atoms with Gasteiger partial charge in [-0.1, -0.05) is 6.92 Å². The summed E-state index contributed by atoms with van der Waals surface area (Å²) in [6, 6.07) is 3.84. The minimum atomic E-state index is -1.05. The summed E-state index contributed by atoms with van der Waals surface area (Å²) in [4.78, 5) is 22.7. The number of benzene rings is 1. The molecule has 6 nitrogen and oxygen atoms in total. The Hall–Kier alpha value is -2.24. The number of rotatable bonds is 4. The molecule has 0 fully saturated rings. The second-order valence-corrected chi connectivity index (χ2v) is 3.84. The predicted molar refractivity (Wildman–Crippen MR) is 61.7 cm³/mol. The van der Waals surface area contributed by atoms with Crippen molar-refractivity contribution >= 4 is 11.9 Å². The van der Waals surface area contributed by atoms with E-state index in [1.54, 1.807) is 19.1 Å². The zero-order chi connectivity index (χ0) is 13.1. The SMILES string of the molecule is CCC(NC(=O)c1ccc2c(c1)OCO2)C(=O)O. The van der Waals surface area contributed by atoms with Crippen LogP contribution in [-0.4, -0.2) is 29.8 Å². The van der Waals surface area contributed by atoms with E-state index in [-0.39, 0.29) is 6.79 Å². The molecule has 0 aromatic heterocycles. The lowest BCUT2D eigenvalue weighted by Gasteiger charge is -2.12. The van der Waals surface area contributed by atoms with E-state index in [4.69, 9.17) is 14.6 Å². The van der Waals surface area contributed by atoms with Crippen molar-refractivity contribution in [3.8, 4) is 11.5 Å². The first-order valence-corrected chi connectivity index (χ1v) is 5.55. The van der Waals surface area contributed by atoms with E-state index in [0.29, 0.717) is 23.5 Å². The summed E-state index contributed by atoms with van der Waals surface area (Å²) < 4.78 is 10.3. The number of ether oxygens (including phenoxy) is 2. The third-order valence-electron chi connectivity index (χ3n) is 2.65. The number of carboxylic acid groups (broad SMARTS) is 1. The van der Waals surface area contributed by atoms with Crippen molar-refractivity contribution < 1.29 is 24.2 Å². The summed E-state index contributed by atoms with van der Waals surface area (Å²) in [5.41, 5.74) is 0.346. The van der Waals surface area contributed by atoms with Gasteiger partial charge in [-0.3, -0.25) is 4.79 Å². The maximum Gasteiger partial charge on any atom is 0.326 e. The van der Waals surface area contributed by atoms with Crippen LogP contribution in [0.2, 0.25) is 0 Å². The molecule has 96 valence electrons. The molecule has 0 radical (unpaired) electrons. The third-order valence-corrected chi connectivity index (χ3v) is 2.65. The summed E-state index contributed by atoms with van der Waals surface area (Å²) >= 11 is 0. The van der Waals surface area contributed by atoms with Crippen LogP contribution in [0.4, 0.5) is 0 Å². The Morgan fingerprint density at radius 3 is 2.78 bits per heavy atom. The summed E-state index contributed by atoms with van der Waals surface area (Å²) in [5, 5.41) is 11.3. The molecule has 0 saturated carbocycles. The molecule has 1 aromatic carbocycles. The molecule has 18 heavy (non-hydrogen) atoms. The van der Waals surface area contributed by atoms with E-state index < -0.39 is 17.9 Å². The zero-order valence-electron chi connectivity index (χ0n) is 9.80. The van der Waals surface area contributed by atoms with Crippen molar-refractivity contribution in [3.05, 3.63) is 23.8 Å². The lowest BCUT2D eigenvalue weighted by atomic mass is 10.1. The highest BCUT2D eigenvalue weighted by molar-refractivity contribution is 5.97. The van der Waals surface area contributed by atoms with Crippen molar-refractivity contribution in [2.45, 2.75) is 19.4 Å². The van der Waals surface area contributed by atoms with E-state index in [1.165, 1.54) is 6.07 Å². The fourth-order valence-electron chi connectivity index (χ4n) is 1.62. The van der Waals surface area contributed by atoms with Gasteiger partial charge in [0.25, 0.3) is 5.91 Å². The fraction of sp³-hybridized carbons (Fsp3) is 0.333. The van der Waals surface area contributed by atoms with Crippen LogP contribution >= 0.6 is 0 Å². The van der Waals surface area contributed by atoms with Crippen LogP contribution < -0.4 is 14.8 Å². The van der Waals surface area contributed by atoms with E-state index in [1.807, 2.05) is 0 Å². The summed E-state index contributed by atoms with van der Waals surface area (Å²) in [5.74, 6) is -0.419. The Morgan fingerprint density at radius 2 is 2.11 bits per heavy atom. The summed E-state index contributed by atoms with van der Waals surface area (Å²) in [6.07, 6.45) is 0.325. The lowest BCUT2D eigenvalue weighted by Crippen LogP contribution is -2.40. The highest BCUT2D eigenvalue weighted by Crippen LogP contribution is 2.32. The molecular weight excluding hydrogens is 238 g/mol. The number of fused-ring (bicyclic) bond motifs is 1. The first-order valence-electron chi connectivity index (χ1n) is 5.55. The number of carbonyl (C=O) groups is 2. The Bertz CT molecular complexity index is 485. The molecule has 0 spiro atoms. The van der Waals surface area contributed by atoms with Crippen LogP contribution in [-0.2, 0) is 4.79 Å². The molecule has 1 unspecified atom stereocenters. The highest BCUT2D eigenvalue weighted by Gasteiger charge is 2.20. The van der Waals surface area contributed by atoms with Crippen LogP contribution in [0.1, 0.15) is 23.7 Å². The predicted octanol–water partition coefficient (Wildman–Crippen LogP) is 1.01. The van der Waals surface area contributed by atoms with E-state index in [9.17, 15) is 9.59 Å². The number of aliphatic carboxylic acids is 1. The number of carbonyl (C=O) groups excluding carboxylic acids is 1. The summed E-state index contributed by atoms with van der Waals surface area (Å²) in [7, 11) is 0. The molecule has 1 atom stereocenters. The fourth-order valence-corrected chi connectivity index (χ4v) is 1.62. The second-order valence-electron chi connectivity index (χ2n) is 3.84. The van der Waals surface area contributed by atoms with Crippen LogP contribution in [0.3, 0.4) is 0 Å². The topological polar surface area (TPSA) is 84.9 Å². The van der Waals surface area contributed by atoms with Gasteiger partial charge in [0.2, 0.25) is 6.79 Å². The van der Waals surface area contributed by atoms with Crippen LogP contribution in [0.25, 0.3) is 0 Å². The number of amides is 1. The van der Waals surface area contributed by atoms with Gasteiger partial charge < -0.3 is 19.9 Å². The molecule has 1 aliphatic heterocycles. The normalized spacial score (nSPS) is 14.1. The maximum atomic E-state index is 11.8. The van der Waals surface area contributed by atoms with Crippen molar-refractivity contribution in [3.63, 3.8) is 0 Å². The molecule has 2 rings (SSSR count). The van der Waals surface area contributed by atoms with E-state index in [2.05, 4.69) is 5.32 Å². The Kier molecular flexibility index (Phi) is 3.36. The van der Waals surface area contributed by atoms with E-state index in [0.717, 1.165) is 0 Å². The third kappa shape index (κ3) is 2.37. The first-order chi connectivity index (χ1) is 8.61. The van der Waals surface area contributed by atoms with Gasteiger partial charge in [0.05, 0.1) is 0 Å². The molecule has 1 amide bonds. The molecule has 0 saturated heterocycles. The van der Waals surface area contributed by atoms with Gasteiger partial charge in [-0.25, -0.2) is 4.79 Å². The van der Waals surface area contributed by atoms with Gasteiger partial charge in [-0.05, 0) is 24.6 Å². The van der Waals surface area contributed by atoms with Gasteiger partial charge in [0.15, 0.2) is 11.5 Å². The average molecular weight is 251 g/mol. The molecule has 2 N–H and O–H groups in total. The molecular formula is C12H13NO5. The van der Waals surface area contributed by atoms with Crippen molar-refractivity contribution in [1.29, 1.82) is 0 Å². The Morgan fingerprint density at radius 1 is 1.39 bits per heavy atom. The van der Waals surface area contributed by atoms with Crippen LogP contribution in [0.5, 0.6) is 11.5 Å². The average Bonchev–Trinajstić information content (AvgIpc) is 2.82. The smallest absolute Gasteiger partial charge is 0.326 e. The lowest BCUT2D eigenvalue weighted by molar-refractivity contribution is -0.139. The molecule has 1 aliphatic rings. The number of nitrogens with one attached hydrogen (secondary N) is 1. The van der Waals surface area contributed by atoms with Crippen LogP contribution in [0, 0.1) is 0 Å². The quantitative estimate of drug-likeness (QED) is 0.834. The first kappa shape index (κ1) is 12.2. The zero-order valence-corrected chi connectivity index (χ0v) is 9.80. The summed E-state index contributed by atoms with van der Waals surface area (Å²) in [6.45, 7) is 1.83. The molecule has 0 aliphatic carbocycles. The molecule has 6 heteroatoms. The monoisotopic (exact) mass is 251 g/mol. The minimum absolute atomic E-state index is 0.132. The van der Waals surface area contributed by atoms with Gasteiger partial charge >= 0.3 is 5.97 Å². The van der Waals surface area contributed by atoms with Crippen LogP contribution in [0.15, 0.2) is 18.2 Å².